The molecule has 0 aliphatic heterocycles. The van der Waals surface area contributed by atoms with Crippen molar-refractivity contribution in [2.75, 3.05) is 30.9 Å². The number of anilines is 2. The van der Waals surface area contributed by atoms with E-state index in [1.54, 1.807) is 0 Å². The van der Waals surface area contributed by atoms with Crippen LogP contribution in [0, 0.1) is 0 Å². The molecule has 4 rings (SSSR count). The molecule has 6 nitrogen and oxygen atoms in total. The second-order valence-electron chi connectivity index (χ2n) is 9.93. The second kappa shape index (κ2) is 12.6. The van der Waals surface area contributed by atoms with Crippen LogP contribution in [0.3, 0.4) is 0 Å². The van der Waals surface area contributed by atoms with Gasteiger partial charge in [-0.1, -0.05) is 43.2 Å². The van der Waals surface area contributed by atoms with Crippen molar-refractivity contribution in [3.05, 3.63) is 72.3 Å². The minimum absolute atomic E-state index is 0.00780. The summed E-state index contributed by atoms with van der Waals surface area (Å²) in [5, 5.41) is 5.54. The quantitative estimate of drug-likeness (QED) is 0.162. The number of unbranched alkanes of at least 4 members (excludes halogenated alkanes) is 2. The summed E-state index contributed by atoms with van der Waals surface area (Å²) in [6.45, 7) is 5.27. The Morgan fingerprint density at radius 1 is 0.895 bits per heavy atom. The van der Waals surface area contributed by atoms with Gasteiger partial charge in [-0.15, -0.1) is 0 Å². The summed E-state index contributed by atoms with van der Waals surface area (Å²) in [6.07, 6.45) is 3.64. The molecule has 0 fully saturated rings. The third-order valence-electron chi connectivity index (χ3n) is 7.16. The zero-order valence-electron chi connectivity index (χ0n) is 23.0. The van der Waals surface area contributed by atoms with E-state index >= 15 is 0 Å². The standard InChI is InChI=1S/C32H39N3O3/c1-5-35-29-14-11-10-13-27(29)28-22-24(18-21-30(28)35)33-32(37)26(12-8-7-9-15-31(36)38-6-2)23-16-19-25(20-17-23)34(3)4/h10-11,13-14,16-22,26H,5-9,12,15H2,1-4H3,(H,33,37)/t26-/m0/s1. The van der Waals surface area contributed by atoms with Crippen LogP contribution in [0.1, 0.15) is 57.4 Å². The number of carbonyl (C=O) groups is 2. The molecule has 1 aromatic heterocycles. The fourth-order valence-electron chi connectivity index (χ4n) is 5.18. The fraction of sp³-hybridized carbons (Fsp3) is 0.375. The summed E-state index contributed by atoms with van der Waals surface area (Å²) in [6, 6.07) is 22.8. The Kier molecular flexibility index (Phi) is 9.06. The highest BCUT2D eigenvalue weighted by atomic mass is 16.5. The van der Waals surface area contributed by atoms with Gasteiger partial charge < -0.3 is 19.5 Å². The number of aryl methyl sites for hydroxylation is 1. The van der Waals surface area contributed by atoms with Gasteiger partial charge in [-0.25, -0.2) is 0 Å². The van der Waals surface area contributed by atoms with Crippen LogP contribution in [0.5, 0.6) is 0 Å². The zero-order chi connectivity index (χ0) is 27.1. The van der Waals surface area contributed by atoms with E-state index in [4.69, 9.17) is 4.74 Å². The van der Waals surface area contributed by atoms with Crippen LogP contribution in [0.25, 0.3) is 21.8 Å². The van der Waals surface area contributed by atoms with E-state index in [-0.39, 0.29) is 17.8 Å². The van der Waals surface area contributed by atoms with Crippen molar-refractivity contribution >= 4 is 45.1 Å². The number of hydrogen-bond acceptors (Lipinski definition) is 4. The number of aromatic nitrogens is 1. The first kappa shape index (κ1) is 27.2. The molecule has 0 aliphatic carbocycles. The maximum atomic E-state index is 13.6. The first-order chi connectivity index (χ1) is 18.4. The van der Waals surface area contributed by atoms with E-state index in [0.717, 1.165) is 48.1 Å². The van der Waals surface area contributed by atoms with Crippen molar-refractivity contribution in [2.45, 2.75) is 58.4 Å². The summed E-state index contributed by atoms with van der Waals surface area (Å²) < 4.78 is 7.34. The molecule has 0 saturated heterocycles. The highest BCUT2D eigenvalue weighted by Gasteiger charge is 2.21. The number of ether oxygens (including phenoxy) is 1. The second-order valence-corrected chi connectivity index (χ2v) is 9.93. The molecule has 3 aromatic carbocycles. The summed E-state index contributed by atoms with van der Waals surface area (Å²) >= 11 is 0. The van der Waals surface area contributed by atoms with Crippen LogP contribution >= 0.6 is 0 Å². The smallest absolute Gasteiger partial charge is 0.305 e. The molecule has 0 aliphatic rings. The predicted molar refractivity (Wildman–Crippen MR) is 157 cm³/mol. The monoisotopic (exact) mass is 513 g/mol. The average Bonchev–Trinajstić information content (AvgIpc) is 3.24. The summed E-state index contributed by atoms with van der Waals surface area (Å²) in [5.74, 6) is -0.436. The van der Waals surface area contributed by atoms with E-state index in [9.17, 15) is 9.59 Å². The Bertz CT molecular complexity index is 1390. The molecule has 1 amide bonds. The molecule has 1 atom stereocenters. The van der Waals surface area contributed by atoms with Crippen LogP contribution in [0.4, 0.5) is 11.4 Å². The maximum Gasteiger partial charge on any atom is 0.305 e. The van der Waals surface area contributed by atoms with E-state index < -0.39 is 0 Å². The van der Waals surface area contributed by atoms with Gasteiger partial charge in [0.25, 0.3) is 0 Å². The lowest BCUT2D eigenvalue weighted by Gasteiger charge is -2.19. The highest BCUT2D eigenvalue weighted by Crippen LogP contribution is 2.32. The molecule has 0 spiro atoms. The van der Waals surface area contributed by atoms with Crippen molar-refractivity contribution in [2.24, 2.45) is 0 Å². The van der Waals surface area contributed by atoms with Crippen molar-refractivity contribution in [3.63, 3.8) is 0 Å². The lowest BCUT2D eigenvalue weighted by Crippen LogP contribution is -2.21. The number of fused-ring (bicyclic) bond motifs is 3. The highest BCUT2D eigenvalue weighted by molar-refractivity contribution is 6.10. The van der Waals surface area contributed by atoms with Crippen LogP contribution in [0.15, 0.2) is 66.7 Å². The van der Waals surface area contributed by atoms with Crippen LogP contribution < -0.4 is 10.2 Å². The molecule has 1 heterocycles. The number of benzene rings is 3. The van der Waals surface area contributed by atoms with E-state index in [0.29, 0.717) is 19.4 Å². The minimum atomic E-state index is -0.276. The van der Waals surface area contributed by atoms with Crippen LogP contribution in [-0.2, 0) is 20.9 Å². The first-order valence-corrected chi connectivity index (χ1v) is 13.7. The number of nitrogens with zero attached hydrogens (tertiary/aromatic N) is 2. The summed E-state index contributed by atoms with van der Waals surface area (Å²) in [5.41, 5.74) is 5.28. The molecule has 0 saturated carbocycles. The zero-order valence-corrected chi connectivity index (χ0v) is 23.0. The molecule has 0 bridgehead atoms. The Morgan fingerprint density at radius 2 is 1.63 bits per heavy atom. The predicted octanol–water partition coefficient (Wildman–Crippen LogP) is 7.12. The average molecular weight is 514 g/mol. The van der Waals surface area contributed by atoms with Gasteiger partial charge in [0, 0.05) is 60.2 Å². The van der Waals surface area contributed by atoms with Gasteiger partial charge in [-0.3, -0.25) is 9.59 Å². The van der Waals surface area contributed by atoms with Crippen molar-refractivity contribution < 1.29 is 14.3 Å². The molecular weight excluding hydrogens is 474 g/mol. The Morgan fingerprint density at radius 3 is 2.34 bits per heavy atom. The topological polar surface area (TPSA) is 63.6 Å². The summed E-state index contributed by atoms with van der Waals surface area (Å²) in [4.78, 5) is 27.4. The molecule has 6 heteroatoms. The van der Waals surface area contributed by atoms with Crippen molar-refractivity contribution in [1.29, 1.82) is 0 Å². The first-order valence-electron chi connectivity index (χ1n) is 13.7. The van der Waals surface area contributed by atoms with E-state index in [1.807, 2.05) is 27.1 Å². The fourth-order valence-corrected chi connectivity index (χ4v) is 5.18. The SMILES string of the molecule is CCOC(=O)CCCCC[C@H](C(=O)Nc1ccc2c(c1)c1ccccc1n2CC)c1ccc(N(C)C)cc1. The number of carbonyl (C=O) groups excluding carboxylic acids is 2. The molecular formula is C32H39N3O3. The summed E-state index contributed by atoms with van der Waals surface area (Å²) in [7, 11) is 4.02. The molecule has 0 radical (unpaired) electrons. The normalized spacial score (nSPS) is 12.0. The Balaban J connectivity index is 1.53. The van der Waals surface area contributed by atoms with Crippen LogP contribution in [0.2, 0.25) is 0 Å². The Hall–Kier alpha value is -3.80. The molecule has 0 unspecified atom stereocenters. The van der Waals surface area contributed by atoms with E-state index in [1.165, 1.54) is 16.4 Å². The largest absolute Gasteiger partial charge is 0.466 e. The third-order valence-corrected chi connectivity index (χ3v) is 7.16. The lowest BCUT2D eigenvalue weighted by molar-refractivity contribution is -0.143. The molecule has 1 N–H and O–H groups in total. The van der Waals surface area contributed by atoms with Gasteiger partial charge in [-0.2, -0.15) is 0 Å². The van der Waals surface area contributed by atoms with Gasteiger partial charge >= 0.3 is 5.97 Å². The minimum Gasteiger partial charge on any atom is -0.466 e. The number of nitrogens with one attached hydrogen (secondary N) is 1. The third kappa shape index (κ3) is 6.18. The van der Waals surface area contributed by atoms with Crippen LogP contribution in [-0.4, -0.2) is 37.1 Å². The van der Waals surface area contributed by atoms with Gasteiger partial charge in [0.15, 0.2) is 0 Å². The molecule has 200 valence electrons. The van der Waals surface area contributed by atoms with Gasteiger partial charge in [0.2, 0.25) is 5.91 Å². The molecule has 38 heavy (non-hydrogen) atoms. The van der Waals surface area contributed by atoms with Crippen molar-refractivity contribution in [3.8, 4) is 0 Å². The van der Waals surface area contributed by atoms with Gasteiger partial charge in [0.1, 0.15) is 0 Å². The van der Waals surface area contributed by atoms with Gasteiger partial charge in [-0.05, 0) is 68.7 Å². The van der Waals surface area contributed by atoms with E-state index in [2.05, 4.69) is 82.4 Å². The number of hydrogen-bond donors (Lipinski definition) is 1. The number of esters is 1. The van der Waals surface area contributed by atoms with Gasteiger partial charge in [0.05, 0.1) is 12.5 Å². The van der Waals surface area contributed by atoms with Crippen molar-refractivity contribution in [1.82, 2.24) is 4.57 Å². The maximum absolute atomic E-state index is 13.6. The molecule has 4 aromatic rings. The number of para-hydroxylation sites is 1. The number of amides is 1. The lowest BCUT2D eigenvalue weighted by atomic mass is 9.91. The Labute approximate surface area is 225 Å². The number of rotatable bonds is 12.